The van der Waals surface area contributed by atoms with Gasteiger partial charge in [-0.25, -0.2) is 0 Å². The molecule has 2 rings (SSSR count). The maximum absolute atomic E-state index is 12.7. The molecule has 2 N–H and O–H groups in total. The average molecular weight is 252 g/mol. The monoisotopic (exact) mass is 252 g/mol. The van der Waals surface area contributed by atoms with E-state index in [0.717, 1.165) is 25.8 Å². The van der Waals surface area contributed by atoms with Crippen LogP contribution in [0, 0.1) is 11.8 Å². The number of nitrogens with zero attached hydrogens (tertiary/aromatic N) is 1. The lowest BCUT2D eigenvalue weighted by Crippen LogP contribution is -2.50. The van der Waals surface area contributed by atoms with Crippen LogP contribution in [-0.4, -0.2) is 29.4 Å². The van der Waals surface area contributed by atoms with Crippen molar-refractivity contribution in [2.24, 2.45) is 17.6 Å². The fourth-order valence-corrected chi connectivity index (χ4v) is 3.45. The highest BCUT2D eigenvalue weighted by atomic mass is 16.2. The highest BCUT2D eigenvalue weighted by Crippen LogP contribution is 2.28. The molecule has 1 saturated carbocycles. The first-order chi connectivity index (χ1) is 8.59. The molecule has 2 aliphatic rings. The first kappa shape index (κ1) is 13.9. The van der Waals surface area contributed by atoms with Crippen LogP contribution >= 0.6 is 0 Å². The molecular formula is C15H28N2O. The van der Waals surface area contributed by atoms with Crippen LogP contribution in [0.2, 0.25) is 0 Å². The van der Waals surface area contributed by atoms with Crippen molar-refractivity contribution in [3.8, 4) is 0 Å². The van der Waals surface area contributed by atoms with E-state index < -0.39 is 0 Å². The third-order valence-corrected chi connectivity index (χ3v) is 4.79. The number of carbonyl (C=O) groups excluding carboxylic acids is 1. The highest BCUT2D eigenvalue weighted by molar-refractivity contribution is 5.80. The van der Waals surface area contributed by atoms with Crippen LogP contribution in [0.3, 0.4) is 0 Å². The number of hydrogen-bond donors (Lipinski definition) is 1. The standard InChI is InChI=1S/C15H28N2O/c1-11-8-9-12(2)17(10-11)15(18)13-6-4-3-5-7-14(13)16/h11-14H,3-10,16H2,1-2H3. The van der Waals surface area contributed by atoms with E-state index in [4.69, 9.17) is 5.73 Å². The first-order valence-electron chi connectivity index (χ1n) is 7.65. The molecule has 104 valence electrons. The molecule has 1 aliphatic heterocycles. The maximum atomic E-state index is 12.7. The van der Waals surface area contributed by atoms with Gasteiger partial charge in [0.05, 0.1) is 5.92 Å². The van der Waals surface area contributed by atoms with Crippen LogP contribution in [0.1, 0.15) is 58.8 Å². The fourth-order valence-electron chi connectivity index (χ4n) is 3.45. The quantitative estimate of drug-likeness (QED) is 0.729. The Morgan fingerprint density at radius 3 is 2.56 bits per heavy atom. The van der Waals surface area contributed by atoms with E-state index in [-0.39, 0.29) is 12.0 Å². The van der Waals surface area contributed by atoms with E-state index in [9.17, 15) is 4.79 Å². The Morgan fingerprint density at radius 2 is 1.78 bits per heavy atom. The van der Waals surface area contributed by atoms with Gasteiger partial charge in [0, 0.05) is 18.6 Å². The minimum Gasteiger partial charge on any atom is -0.339 e. The van der Waals surface area contributed by atoms with Crippen LogP contribution in [0.5, 0.6) is 0 Å². The van der Waals surface area contributed by atoms with Gasteiger partial charge < -0.3 is 10.6 Å². The smallest absolute Gasteiger partial charge is 0.227 e. The van der Waals surface area contributed by atoms with Crippen LogP contribution < -0.4 is 5.73 Å². The second-order valence-electron chi connectivity index (χ2n) is 6.43. The second-order valence-corrected chi connectivity index (χ2v) is 6.43. The summed E-state index contributed by atoms with van der Waals surface area (Å²) in [6.07, 6.45) is 8.02. The van der Waals surface area contributed by atoms with Crippen molar-refractivity contribution in [1.82, 2.24) is 4.90 Å². The summed E-state index contributed by atoms with van der Waals surface area (Å²) in [7, 11) is 0. The predicted octanol–water partition coefficient (Wildman–Crippen LogP) is 2.54. The molecule has 0 bridgehead atoms. The zero-order valence-electron chi connectivity index (χ0n) is 11.9. The summed E-state index contributed by atoms with van der Waals surface area (Å²) in [4.78, 5) is 14.8. The van der Waals surface area contributed by atoms with Gasteiger partial charge in [0.1, 0.15) is 0 Å². The molecule has 18 heavy (non-hydrogen) atoms. The lowest BCUT2D eigenvalue weighted by atomic mass is 9.89. The predicted molar refractivity (Wildman–Crippen MR) is 74.1 cm³/mol. The van der Waals surface area contributed by atoms with Gasteiger partial charge in [0.15, 0.2) is 0 Å². The van der Waals surface area contributed by atoms with Crippen molar-refractivity contribution >= 4 is 5.91 Å². The van der Waals surface area contributed by atoms with Gasteiger partial charge in [0.2, 0.25) is 5.91 Å². The van der Waals surface area contributed by atoms with E-state index in [2.05, 4.69) is 18.7 Å². The van der Waals surface area contributed by atoms with Gasteiger partial charge in [0.25, 0.3) is 0 Å². The normalized spacial score (nSPS) is 38.3. The Morgan fingerprint density at radius 1 is 1.06 bits per heavy atom. The Bertz CT molecular complexity index is 288. The molecule has 0 spiro atoms. The van der Waals surface area contributed by atoms with Gasteiger partial charge in [-0.15, -0.1) is 0 Å². The topological polar surface area (TPSA) is 46.3 Å². The number of nitrogens with two attached hydrogens (primary N) is 1. The van der Waals surface area contributed by atoms with Crippen LogP contribution in [0.15, 0.2) is 0 Å². The van der Waals surface area contributed by atoms with Crippen molar-refractivity contribution in [3.05, 3.63) is 0 Å². The summed E-state index contributed by atoms with van der Waals surface area (Å²) in [5.41, 5.74) is 6.22. The van der Waals surface area contributed by atoms with Gasteiger partial charge in [-0.05, 0) is 38.5 Å². The number of carbonyl (C=O) groups is 1. The Hall–Kier alpha value is -0.570. The lowest BCUT2D eigenvalue weighted by molar-refractivity contribution is -0.140. The third-order valence-electron chi connectivity index (χ3n) is 4.79. The minimum atomic E-state index is 0.0836. The molecule has 0 radical (unpaired) electrons. The zero-order chi connectivity index (χ0) is 13.1. The number of rotatable bonds is 1. The summed E-state index contributed by atoms with van der Waals surface area (Å²) >= 11 is 0. The summed E-state index contributed by atoms with van der Waals surface area (Å²) in [5, 5.41) is 0. The average Bonchev–Trinajstić information content (AvgIpc) is 2.56. The second kappa shape index (κ2) is 6.05. The van der Waals surface area contributed by atoms with E-state index in [0.29, 0.717) is 17.9 Å². The molecule has 0 aromatic carbocycles. The SMILES string of the molecule is CC1CCC(C)N(C(=O)C2CCCCCC2N)C1. The summed E-state index contributed by atoms with van der Waals surface area (Å²) in [5.74, 6) is 1.07. The minimum absolute atomic E-state index is 0.0836. The third kappa shape index (κ3) is 3.05. The first-order valence-corrected chi connectivity index (χ1v) is 7.65. The fraction of sp³-hybridized carbons (Fsp3) is 0.933. The summed E-state index contributed by atoms with van der Waals surface area (Å²) in [6, 6.07) is 0.494. The van der Waals surface area contributed by atoms with E-state index >= 15 is 0 Å². The van der Waals surface area contributed by atoms with E-state index in [1.807, 2.05) is 0 Å². The molecule has 4 unspecified atom stereocenters. The van der Waals surface area contributed by atoms with Crippen molar-refractivity contribution < 1.29 is 4.79 Å². The molecule has 1 heterocycles. The molecule has 1 saturated heterocycles. The van der Waals surface area contributed by atoms with Gasteiger partial charge in [-0.3, -0.25) is 4.79 Å². The number of hydrogen-bond acceptors (Lipinski definition) is 2. The molecule has 0 aromatic rings. The molecule has 4 atom stereocenters. The Labute approximate surface area is 111 Å². The van der Waals surface area contributed by atoms with Crippen molar-refractivity contribution in [1.29, 1.82) is 0 Å². The molecule has 3 heteroatoms. The summed E-state index contributed by atoms with van der Waals surface area (Å²) in [6.45, 7) is 5.37. The zero-order valence-corrected chi connectivity index (χ0v) is 11.9. The number of piperidine rings is 1. The van der Waals surface area contributed by atoms with E-state index in [1.54, 1.807) is 0 Å². The molecule has 1 aliphatic carbocycles. The van der Waals surface area contributed by atoms with Crippen molar-refractivity contribution in [3.63, 3.8) is 0 Å². The molecular weight excluding hydrogens is 224 g/mol. The number of likely N-dealkylation sites (tertiary alicyclic amines) is 1. The van der Waals surface area contributed by atoms with Crippen LogP contribution in [-0.2, 0) is 4.79 Å². The van der Waals surface area contributed by atoms with Crippen molar-refractivity contribution in [2.75, 3.05) is 6.54 Å². The lowest BCUT2D eigenvalue weighted by Gasteiger charge is -2.39. The van der Waals surface area contributed by atoms with Crippen LogP contribution in [0.4, 0.5) is 0 Å². The Kier molecular flexibility index (Phi) is 4.66. The Balaban J connectivity index is 2.03. The molecule has 1 amide bonds. The van der Waals surface area contributed by atoms with Crippen LogP contribution in [0.25, 0.3) is 0 Å². The van der Waals surface area contributed by atoms with Gasteiger partial charge in [-0.2, -0.15) is 0 Å². The maximum Gasteiger partial charge on any atom is 0.227 e. The largest absolute Gasteiger partial charge is 0.339 e. The molecule has 0 aromatic heterocycles. The summed E-state index contributed by atoms with van der Waals surface area (Å²) < 4.78 is 0. The highest BCUT2D eigenvalue weighted by Gasteiger charge is 2.34. The molecule has 2 fully saturated rings. The van der Waals surface area contributed by atoms with E-state index in [1.165, 1.54) is 25.7 Å². The van der Waals surface area contributed by atoms with Crippen molar-refractivity contribution in [2.45, 2.75) is 70.9 Å². The van der Waals surface area contributed by atoms with Gasteiger partial charge >= 0.3 is 0 Å². The number of amides is 1. The van der Waals surface area contributed by atoms with Gasteiger partial charge in [-0.1, -0.05) is 26.2 Å². The molecule has 3 nitrogen and oxygen atoms in total.